The lowest BCUT2D eigenvalue weighted by atomic mass is 10.1. The van der Waals surface area contributed by atoms with Crippen LogP contribution in [0.25, 0.3) is 0 Å². The highest BCUT2D eigenvalue weighted by Crippen LogP contribution is 2.33. The van der Waals surface area contributed by atoms with E-state index in [1.165, 1.54) is 12.1 Å². The van der Waals surface area contributed by atoms with Gasteiger partial charge in [-0.05, 0) is 24.5 Å². The Labute approximate surface area is 135 Å². The zero-order valence-electron chi connectivity index (χ0n) is 12.6. The number of benzene rings is 1. The third-order valence-corrected chi connectivity index (χ3v) is 5.07. The van der Waals surface area contributed by atoms with Crippen LogP contribution in [-0.2, 0) is 19.6 Å². The molecule has 1 unspecified atom stereocenters. The number of carboxylic acid groups (broad SMARTS) is 1. The lowest BCUT2D eigenvalue weighted by Crippen LogP contribution is -2.42. The molecule has 3 N–H and O–H groups in total. The maximum absolute atomic E-state index is 12.0. The lowest BCUT2D eigenvalue weighted by molar-refractivity contribution is -0.142. The van der Waals surface area contributed by atoms with Gasteiger partial charge in [0, 0.05) is 13.0 Å². The van der Waals surface area contributed by atoms with E-state index in [0.29, 0.717) is 12.3 Å². The number of hydrogen-bond donors (Lipinski definition) is 3. The number of carbonyl (C=O) groups is 2. The second-order valence-electron chi connectivity index (χ2n) is 5.60. The van der Waals surface area contributed by atoms with Gasteiger partial charge in [-0.15, -0.1) is 0 Å². The molecule has 1 aromatic rings. The zero-order valence-corrected chi connectivity index (χ0v) is 13.4. The quantitative estimate of drug-likeness (QED) is 0.613. The van der Waals surface area contributed by atoms with Crippen molar-refractivity contribution in [2.45, 2.75) is 36.6 Å². The van der Waals surface area contributed by atoms with E-state index < -0.39 is 27.9 Å². The van der Waals surface area contributed by atoms with Crippen LogP contribution >= 0.6 is 0 Å². The molecular weight excluding hydrogens is 320 g/mol. The van der Waals surface area contributed by atoms with E-state index in [-0.39, 0.29) is 17.9 Å². The maximum atomic E-state index is 12.0. The van der Waals surface area contributed by atoms with E-state index in [0.717, 1.165) is 12.8 Å². The van der Waals surface area contributed by atoms with Crippen molar-refractivity contribution in [1.29, 1.82) is 0 Å². The Morgan fingerprint density at radius 1 is 1.22 bits per heavy atom. The molecule has 7 nitrogen and oxygen atoms in total. The number of amides is 1. The van der Waals surface area contributed by atoms with Gasteiger partial charge in [0.15, 0.2) is 0 Å². The van der Waals surface area contributed by atoms with E-state index in [2.05, 4.69) is 10.0 Å². The van der Waals surface area contributed by atoms with Gasteiger partial charge in [0.25, 0.3) is 0 Å². The van der Waals surface area contributed by atoms with Gasteiger partial charge < -0.3 is 10.4 Å². The zero-order chi connectivity index (χ0) is 16.9. The van der Waals surface area contributed by atoms with Crippen molar-refractivity contribution in [3.05, 3.63) is 30.3 Å². The topological polar surface area (TPSA) is 113 Å². The highest BCUT2D eigenvalue weighted by atomic mass is 32.2. The summed E-state index contributed by atoms with van der Waals surface area (Å²) >= 11 is 0. The Hall–Kier alpha value is -1.93. The smallest absolute Gasteiger partial charge is 0.326 e. The summed E-state index contributed by atoms with van der Waals surface area (Å²) in [6.45, 7) is -0.0845. The minimum absolute atomic E-state index is 0.0845. The molecule has 0 heterocycles. The van der Waals surface area contributed by atoms with Crippen LogP contribution in [0.2, 0.25) is 0 Å². The van der Waals surface area contributed by atoms with E-state index in [1.54, 1.807) is 18.2 Å². The van der Waals surface area contributed by atoms with Gasteiger partial charge in [-0.3, -0.25) is 4.79 Å². The molecule has 1 aromatic carbocycles. The fourth-order valence-electron chi connectivity index (χ4n) is 2.16. The van der Waals surface area contributed by atoms with E-state index in [9.17, 15) is 18.0 Å². The predicted octanol–water partition coefficient (Wildman–Crippen LogP) is 0.724. The van der Waals surface area contributed by atoms with Gasteiger partial charge in [-0.2, -0.15) is 0 Å². The number of carboxylic acids is 1. The van der Waals surface area contributed by atoms with Crippen molar-refractivity contribution in [3.8, 4) is 0 Å². The van der Waals surface area contributed by atoms with Crippen molar-refractivity contribution in [1.82, 2.24) is 10.0 Å². The number of aliphatic carboxylic acids is 1. The molecule has 0 radical (unpaired) electrons. The van der Waals surface area contributed by atoms with E-state index in [1.807, 2.05) is 0 Å². The summed E-state index contributed by atoms with van der Waals surface area (Å²) in [7, 11) is -3.66. The molecule has 1 saturated carbocycles. The largest absolute Gasteiger partial charge is 0.480 e. The van der Waals surface area contributed by atoms with Gasteiger partial charge >= 0.3 is 5.97 Å². The third-order valence-electron chi connectivity index (χ3n) is 3.60. The molecule has 0 bridgehead atoms. The number of sulfonamides is 1. The molecule has 0 aromatic heterocycles. The van der Waals surface area contributed by atoms with E-state index >= 15 is 0 Å². The summed E-state index contributed by atoms with van der Waals surface area (Å²) in [5.74, 6) is -1.17. The second kappa shape index (κ2) is 7.56. The molecule has 0 saturated heterocycles. The second-order valence-corrected chi connectivity index (χ2v) is 7.37. The van der Waals surface area contributed by atoms with Crippen LogP contribution in [0.4, 0.5) is 0 Å². The van der Waals surface area contributed by atoms with Crippen LogP contribution in [0.5, 0.6) is 0 Å². The number of rotatable bonds is 9. The summed E-state index contributed by atoms with van der Waals surface area (Å²) in [6, 6.07) is 6.93. The maximum Gasteiger partial charge on any atom is 0.326 e. The molecule has 1 aliphatic carbocycles. The van der Waals surface area contributed by atoms with Gasteiger partial charge in [-0.1, -0.05) is 31.0 Å². The SMILES string of the molecule is O=C(CCNS(=O)(=O)c1ccccc1)NC(CC1CC1)C(=O)O. The monoisotopic (exact) mass is 340 g/mol. The molecule has 8 heteroatoms. The third kappa shape index (κ3) is 5.65. The van der Waals surface area contributed by atoms with Gasteiger partial charge in [0.1, 0.15) is 6.04 Å². The molecule has 1 amide bonds. The van der Waals surface area contributed by atoms with Crippen LogP contribution in [0.1, 0.15) is 25.7 Å². The normalized spacial score (nSPS) is 15.8. The average molecular weight is 340 g/mol. The fourth-order valence-corrected chi connectivity index (χ4v) is 3.21. The fraction of sp³-hybridized carbons (Fsp3) is 0.467. The molecule has 0 spiro atoms. The van der Waals surface area contributed by atoms with Crippen LogP contribution < -0.4 is 10.0 Å². The number of carbonyl (C=O) groups excluding carboxylic acids is 1. The molecule has 2 rings (SSSR count). The molecule has 23 heavy (non-hydrogen) atoms. The number of nitrogens with one attached hydrogen (secondary N) is 2. The molecule has 1 fully saturated rings. The molecule has 126 valence electrons. The van der Waals surface area contributed by atoms with Crippen LogP contribution in [0.3, 0.4) is 0 Å². The molecule has 1 aliphatic rings. The highest BCUT2D eigenvalue weighted by Gasteiger charge is 2.30. The summed E-state index contributed by atoms with van der Waals surface area (Å²) in [4.78, 5) is 23.0. The van der Waals surface area contributed by atoms with Crippen LogP contribution in [0, 0.1) is 5.92 Å². The Kier molecular flexibility index (Phi) is 5.73. The number of hydrogen-bond acceptors (Lipinski definition) is 4. The molecule has 1 atom stereocenters. The van der Waals surface area contributed by atoms with Crippen molar-refractivity contribution in [3.63, 3.8) is 0 Å². The Morgan fingerprint density at radius 3 is 2.43 bits per heavy atom. The molecular formula is C15H20N2O5S. The van der Waals surface area contributed by atoms with Crippen LogP contribution in [-0.4, -0.2) is 38.0 Å². The highest BCUT2D eigenvalue weighted by molar-refractivity contribution is 7.89. The Balaban J connectivity index is 1.78. The first-order valence-corrected chi connectivity index (χ1v) is 8.93. The van der Waals surface area contributed by atoms with Crippen molar-refractivity contribution in [2.24, 2.45) is 5.92 Å². The first-order chi connectivity index (χ1) is 10.9. The Bertz CT molecular complexity index is 656. The summed E-state index contributed by atoms with van der Waals surface area (Å²) < 4.78 is 26.2. The Morgan fingerprint density at radius 2 is 1.87 bits per heavy atom. The standard InChI is InChI=1S/C15H20N2O5S/c18-14(17-13(15(19)20)10-11-6-7-11)8-9-16-23(21,22)12-4-2-1-3-5-12/h1-5,11,13,16H,6-10H2,(H,17,18)(H,19,20). The first kappa shape index (κ1) is 17.4. The van der Waals surface area contributed by atoms with Crippen LogP contribution in [0.15, 0.2) is 35.2 Å². The summed E-state index contributed by atoms with van der Waals surface area (Å²) in [5, 5.41) is 11.5. The predicted molar refractivity (Wildman–Crippen MR) is 83.2 cm³/mol. The van der Waals surface area contributed by atoms with E-state index in [4.69, 9.17) is 5.11 Å². The van der Waals surface area contributed by atoms with Crippen molar-refractivity contribution >= 4 is 21.9 Å². The average Bonchev–Trinajstić information content (AvgIpc) is 3.31. The minimum Gasteiger partial charge on any atom is -0.480 e. The lowest BCUT2D eigenvalue weighted by Gasteiger charge is -2.14. The summed E-state index contributed by atoms with van der Waals surface area (Å²) in [5.41, 5.74) is 0. The van der Waals surface area contributed by atoms with Gasteiger partial charge in [0.2, 0.25) is 15.9 Å². The first-order valence-electron chi connectivity index (χ1n) is 7.45. The van der Waals surface area contributed by atoms with Gasteiger partial charge in [0.05, 0.1) is 4.90 Å². The summed E-state index contributed by atoms with van der Waals surface area (Å²) in [6.07, 6.45) is 2.31. The van der Waals surface area contributed by atoms with Crippen molar-refractivity contribution in [2.75, 3.05) is 6.54 Å². The minimum atomic E-state index is -3.66. The van der Waals surface area contributed by atoms with Gasteiger partial charge in [-0.25, -0.2) is 17.9 Å². The molecule has 0 aliphatic heterocycles. The van der Waals surface area contributed by atoms with Crippen molar-refractivity contribution < 1.29 is 23.1 Å².